The van der Waals surface area contributed by atoms with Crippen LogP contribution in [-0.2, 0) is 6.42 Å². The van der Waals surface area contributed by atoms with Gasteiger partial charge in [0.25, 0.3) is 0 Å². The molecule has 0 spiro atoms. The van der Waals surface area contributed by atoms with Crippen LogP contribution in [0.15, 0.2) is 11.2 Å². The molecule has 64 valence electrons. The smallest absolute Gasteiger partial charge is 0.103 e. The molecule has 4 heteroatoms. The van der Waals surface area contributed by atoms with Crippen LogP contribution in [0, 0.1) is 6.92 Å². The van der Waals surface area contributed by atoms with Crippen LogP contribution in [0.3, 0.4) is 0 Å². The highest BCUT2D eigenvalue weighted by Crippen LogP contribution is 1.99. The van der Waals surface area contributed by atoms with Crippen molar-refractivity contribution in [2.24, 2.45) is 4.99 Å². The monoisotopic (exact) mass is 181 g/mol. The molecule has 0 unspecified atom stereocenters. The van der Waals surface area contributed by atoms with E-state index >= 15 is 0 Å². The van der Waals surface area contributed by atoms with Gasteiger partial charge >= 0.3 is 0 Å². The number of isothiocyanates is 1. The quantitative estimate of drug-likeness (QED) is 0.437. The van der Waals surface area contributed by atoms with Crippen LogP contribution in [0.25, 0.3) is 0 Å². The van der Waals surface area contributed by atoms with Gasteiger partial charge in [-0.15, -0.1) is 0 Å². The van der Waals surface area contributed by atoms with Gasteiger partial charge in [0.15, 0.2) is 0 Å². The molecule has 0 fully saturated rings. The molecule has 1 N–H and O–H groups in total. The third-order valence-electron chi connectivity index (χ3n) is 1.54. The van der Waals surface area contributed by atoms with E-state index in [4.69, 9.17) is 0 Å². The number of hydrogen-bond donors (Lipinski definition) is 1. The first-order chi connectivity index (χ1) is 5.83. The molecule has 12 heavy (non-hydrogen) atoms. The van der Waals surface area contributed by atoms with E-state index in [1.54, 1.807) is 0 Å². The van der Waals surface area contributed by atoms with E-state index in [1.165, 1.54) is 0 Å². The minimum Gasteiger partial charge on any atom is -0.346 e. The largest absolute Gasteiger partial charge is 0.346 e. The van der Waals surface area contributed by atoms with Gasteiger partial charge in [-0.3, -0.25) is 0 Å². The summed E-state index contributed by atoms with van der Waals surface area (Å²) >= 11 is 4.45. The summed E-state index contributed by atoms with van der Waals surface area (Å²) in [6.45, 7) is 2.69. The van der Waals surface area contributed by atoms with E-state index in [0.717, 1.165) is 30.9 Å². The molecule has 0 aliphatic heterocycles. The Morgan fingerprint density at radius 2 is 2.58 bits per heavy atom. The second-order valence-corrected chi connectivity index (χ2v) is 2.75. The van der Waals surface area contributed by atoms with E-state index in [1.807, 2.05) is 13.1 Å². The van der Waals surface area contributed by atoms with Gasteiger partial charge in [-0.1, -0.05) is 0 Å². The van der Waals surface area contributed by atoms with E-state index in [0.29, 0.717) is 0 Å². The lowest BCUT2D eigenvalue weighted by molar-refractivity contribution is 0.818. The van der Waals surface area contributed by atoms with Crippen LogP contribution >= 0.6 is 12.2 Å². The summed E-state index contributed by atoms with van der Waals surface area (Å²) < 4.78 is 0. The van der Waals surface area contributed by atoms with Crippen molar-refractivity contribution in [2.75, 3.05) is 6.54 Å². The highest BCUT2D eigenvalue weighted by atomic mass is 32.1. The van der Waals surface area contributed by atoms with Gasteiger partial charge in [0.1, 0.15) is 5.82 Å². The van der Waals surface area contributed by atoms with Crippen molar-refractivity contribution < 1.29 is 0 Å². The maximum absolute atomic E-state index is 4.45. The highest BCUT2D eigenvalue weighted by Gasteiger charge is 1.94. The molecule has 0 aliphatic carbocycles. The van der Waals surface area contributed by atoms with Crippen LogP contribution in [0.4, 0.5) is 0 Å². The lowest BCUT2D eigenvalue weighted by Gasteiger charge is -1.91. The number of H-pyrrole nitrogens is 1. The molecule has 0 atom stereocenters. The fourth-order valence-corrected chi connectivity index (χ4v) is 1.08. The number of nitrogens with one attached hydrogen (secondary N) is 1. The Labute approximate surface area is 76.9 Å². The van der Waals surface area contributed by atoms with E-state index in [2.05, 4.69) is 32.3 Å². The molecular weight excluding hydrogens is 170 g/mol. The summed E-state index contributed by atoms with van der Waals surface area (Å²) in [5.41, 5.74) is 1.16. The Kier molecular flexibility index (Phi) is 3.64. The number of aliphatic imine (C=N–C) groups is 1. The molecule has 0 radical (unpaired) electrons. The van der Waals surface area contributed by atoms with E-state index in [9.17, 15) is 0 Å². The third kappa shape index (κ3) is 2.95. The Bertz CT molecular complexity index is 286. The van der Waals surface area contributed by atoms with Crippen LogP contribution in [0.1, 0.15) is 17.9 Å². The van der Waals surface area contributed by atoms with Crippen LogP contribution < -0.4 is 0 Å². The highest BCUT2D eigenvalue weighted by molar-refractivity contribution is 7.78. The molecule has 1 aromatic heterocycles. The minimum atomic E-state index is 0.752. The molecule has 0 amide bonds. The number of thiocarbonyl (C=S) groups is 1. The minimum absolute atomic E-state index is 0.752. The number of aryl methyl sites for hydroxylation is 2. The molecule has 1 heterocycles. The summed E-state index contributed by atoms with van der Waals surface area (Å²) in [6, 6.07) is 0. The van der Waals surface area contributed by atoms with Crippen molar-refractivity contribution >= 4 is 17.4 Å². The fraction of sp³-hybridized carbons (Fsp3) is 0.500. The SMILES string of the molecule is Cc1ncc(CCCN=C=S)[nH]1. The number of hydrogen-bond acceptors (Lipinski definition) is 3. The second-order valence-electron chi connectivity index (χ2n) is 2.57. The first-order valence-electron chi connectivity index (χ1n) is 3.87. The zero-order chi connectivity index (χ0) is 8.81. The average molecular weight is 181 g/mol. The van der Waals surface area contributed by atoms with Crippen LogP contribution in [0.5, 0.6) is 0 Å². The van der Waals surface area contributed by atoms with Crippen molar-refractivity contribution in [2.45, 2.75) is 19.8 Å². The first-order valence-corrected chi connectivity index (χ1v) is 4.28. The number of aromatic nitrogens is 2. The zero-order valence-corrected chi connectivity index (χ0v) is 7.82. The van der Waals surface area contributed by atoms with Crippen molar-refractivity contribution in [3.8, 4) is 0 Å². The summed E-state index contributed by atoms with van der Waals surface area (Å²) in [4.78, 5) is 11.1. The molecular formula is C8H11N3S. The molecule has 0 saturated carbocycles. The summed E-state index contributed by atoms with van der Waals surface area (Å²) in [6.07, 6.45) is 3.82. The summed E-state index contributed by atoms with van der Waals surface area (Å²) in [7, 11) is 0. The third-order valence-corrected chi connectivity index (χ3v) is 1.67. The molecule has 0 aromatic carbocycles. The van der Waals surface area contributed by atoms with Gasteiger partial charge in [-0.25, -0.2) is 9.98 Å². The Balaban J connectivity index is 2.28. The van der Waals surface area contributed by atoms with Gasteiger partial charge in [0, 0.05) is 18.4 Å². The normalized spacial score (nSPS) is 9.42. The lowest BCUT2D eigenvalue weighted by atomic mass is 10.2. The van der Waals surface area contributed by atoms with Crippen LogP contribution in [-0.4, -0.2) is 21.7 Å². The van der Waals surface area contributed by atoms with Crippen LogP contribution in [0.2, 0.25) is 0 Å². The van der Waals surface area contributed by atoms with Crippen molar-refractivity contribution in [1.29, 1.82) is 0 Å². The maximum Gasteiger partial charge on any atom is 0.103 e. The Morgan fingerprint density at radius 3 is 3.17 bits per heavy atom. The average Bonchev–Trinajstić information content (AvgIpc) is 2.45. The molecule has 0 bridgehead atoms. The molecule has 1 aromatic rings. The van der Waals surface area contributed by atoms with Crippen molar-refractivity contribution in [1.82, 2.24) is 9.97 Å². The topological polar surface area (TPSA) is 41.0 Å². The van der Waals surface area contributed by atoms with Gasteiger partial charge in [0.2, 0.25) is 0 Å². The second kappa shape index (κ2) is 4.80. The maximum atomic E-state index is 4.45. The summed E-state index contributed by atoms with van der Waals surface area (Å²) in [5.74, 6) is 0.961. The van der Waals surface area contributed by atoms with Gasteiger partial charge in [-0.2, -0.15) is 0 Å². The van der Waals surface area contributed by atoms with Crippen molar-refractivity contribution in [3.63, 3.8) is 0 Å². The Hall–Kier alpha value is -0.990. The predicted molar refractivity (Wildman–Crippen MR) is 51.5 cm³/mol. The predicted octanol–water partition coefficient (Wildman–Crippen LogP) is 1.75. The molecule has 0 aliphatic rings. The molecule has 3 nitrogen and oxygen atoms in total. The van der Waals surface area contributed by atoms with E-state index < -0.39 is 0 Å². The molecule has 1 rings (SSSR count). The molecule has 0 saturated heterocycles. The number of imidazole rings is 1. The number of nitrogens with zero attached hydrogens (tertiary/aromatic N) is 2. The van der Waals surface area contributed by atoms with E-state index in [-0.39, 0.29) is 0 Å². The number of rotatable bonds is 4. The lowest BCUT2D eigenvalue weighted by Crippen LogP contribution is -1.88. The summed E-state index contributed by atoms with van der Waals surface area (Å²) in [5, 5.41) is 2.34. The van der Waals surface area contributed by atoms with Gasteiger partial charge in [-0.05, 0) is 32.0 Å². The number of aromatic amines is 1. The Morgan fingerprint density at radius 1 is 1.75 bits per heavy atom. The fourth-order valence-electron chi connectivity index (χ4n) is 0.993. The van der Waals surface area contributed by atoms with Gasteiger partial charge in [0.05, 0.1) is 5.16 Å². The standard InChI is InChI=1S/C8H11N3S/c1-7-10-5-8(11-7)3-2-4-9-6-12/h5H,2-4H2,1H3,(H,10,11). The zero-order valence-electron chi connectivity index (χ0n) is 7.00. The van der Waals surface area contributed by atoms with Gasteiger partial charge < -0.3 is 4.98 Å². The first kappa shape index (κ1) is 9.10. The van der Waals surface area contributed by atoms with Crippen molar-refractivity contribution in [3.05, 3.63) is 17.7 Å².